The van der Waals surface area contributed by atoms with Crippen molar-refractivity contribution >= 4 is 17.5 Å². The second-order valence-corrected chi connectivity index (χ2v) is 4.39. The van der Waals surface area contributed by atoms with Crippen LogP contribution in [0.3, 0.4) is 0 Å². The molecular formula is C12H15ClN2O. The predicted molar refractivity (Wildman–Crippen MR) is 63.1 cm³/mol. The molecule has 0 aromatic carbocycles. The molecule has 0 saturated heterocycles. The molecular weight excluding hydrogens is 224 g/mol. The molecule has 0 N–H and O–H groups in total. The first-order valence-corrected chi connectivity index (χ1v) is 6.10. The number of halogens is 1. The third-order valence-electron chi connectivity index (χ3n) is 2.67. The minimum absolute atomic E-state index is 0.142. The van der Waals surface area contributed by atoms with Crippen molar-refractivity contribution in [1.82, 2.24) is 9.88 Å². The number of hydrogen-bond donors (Lipinski definition) is 0. The Kier molecular flexibility index (Phi) is 3.78. The summed E-state index contributed by atoms with van der Waals surface area (Å²) in [5, 5.41) is 0. The maximum Gasteiger partial charge on any atom is 0.224 e. The molecule has 1 aromatic heterocycles. The van der Waals surface area contributed by atoms with Gasteiger partial charge in [0.05, 0.1) is 12.2 Å². The van der Waals surface area contributed by atoms with Gasteiger partial charge in [-0.25, -0.2) is 0 Å². The molecule has 1 fully saturated rings. The number of alkyl halides is 1. The highest BCUT2D eigenvalue weighted by Crippen LogP contribution is 2.28. The van der Waals surface area contributed by atoms with Crippen molar-refractivity contribution in [3.63, 3.8) is 0 Å². The van der Waals surface area contributed by atoms with Crippen LogP contribution in [0.4, 0.5) is 0 Å². The molecule has 0 radical (unpaired) electrons. The molecule has 16 heavy (non-hydrogen) atoms. The highest BCUT2D eigenvalue weighted by Gasteiger charge is 2.32. The van der Waals surface area contributed by atoms with Gasteiger partial charge in [0.15, 0.2) is 0 Å². The molecule has 1 aliphatic carbocycles. The van der Waals surface area contributed by atoms with E-state index in [4.69, 9.17) is 11.6 Å². The van der Waals surface area contributed by atoms with Gasteiger partial charge in [-0.15, -0.1) is 11.6 Å². The van der Waals surface area contributed by atoms with E-state index < -0.39 is 0 Å². The predicted octanol–water partition coefficient (Wildman–Crippen LogP) is 2.20. The number of aromatic nitrogens is 1. The summed E-state index contributed by atoms with van der Waals surface area (Å²) in [6, 6.07) is 6.19. The van der Waals surface area contributed by atoms with Crippen LogP contribution in [0.5, 0.6) is 0 Å². The highest BCUT2D eigenvalue weighted by molar-refractivity contribution is 6.18. The Morgan fingerprint density at radius 2 is 2.31 bits per heavy atom. The topological polar surface area (TPSA) is 33.2 Å². The average molecular weight is 239 g/mol. The van der Waals surface area contributed by atoms with Gasteiger partial charge in [-0.3, -0.25) is 9.78 Å². The van der Waals surface area contributed by atoms with Gasteiger partial charge in [-0.2, -0.15) is 0 Å². The van der Waals surface area contributed by atoms with Gasteiger partial charge in [0.25, 0.3) is 0 Å². The van der Waals surface area contributed by atoms with Crippen molar-refractivity contribution in [2.24, 2.45) is 0 Å². The number of carbonyl (C=O) groups excluding carboxylic acids is 1. The normalized spacial score (nSPS) is 14.8. The Hall–Kier alpha value is -1.09. The largest absolute Gasteiger partial charge is 0.334 e. The number of carbonyl (C=O) groups is 1. The van der Waals surface area contributed by atoms with Crippen LogP contribution in [-0.2, 0) is 11.3 Å². The molecule has 4 heteroatoms. The van der Waals surface area contributed by atoms with Crippen molar-refractivity contribution in [2.45, 2.75) is 31.8 Å². The zero-order valence-electron chi connectivity index (χ0n) is 9.10. The number of nitrogens with zero attached hydrogens (tertiary/aromatic N) is 2. The lowest BCUT2D eigenvalue weighted by molar-refractivity contribution is -0.132. The fraction of sp³-hybridized carbons (Fsp3) is 0.500. The summed E-state index contributed by atoms with van der Waals surface area (Å²) in [6.07, 6.45) is 4.40. The van der Waals surface area contributed by atoms with Gasteiger partial charge in [0, 0.05) is 24.5 Å². The number of amides is 1. The highest BCUT2D eigenvalue weighted by atomic mass is 35.5. The van der Waals surface area contributed by atoms with Crippen LogP contribution in [-0.4, -0.2) is 27.7 Å². The van der Waals surface area contributed by atoms with E-state index in [1.165, 1.54) is 0 Å². The lowest BCUT2D eigenvalue weighted by Crippen LogP contribution is -2.32. The number of pyridine rings is 1. The first-order valence-electron chi connectivity index (χ1n) is 5.56. The monoisotopic (exact) mass is 238 g/mol. The molecule has 1 aromatic rings. The first kappa shape index (κ1) is 11.4. The van der Waals surface area contributed by atoms with Gasteiger partial charge in [-0.05, 0) is 25.0 Å². The average Bonchev–Trinajstić information content (AvgIpc) is 3.11. The molecule has 0 spiro atoms. The van der Waals surface area contributed by atoms with E-state index in [-0.39, 0.29) is 5.91 Å². The minimum Gasteiger partial charge on any atom is -0.334 e. The van der Waals surface area contributed by atoms with Crippen molar-refractivity contribution in [3.8, 4) is 0 Å². The summed E-state index contributed by atoms with van der Waals surface area (Å²) in [5.41, 5.74) is 0.942. The van der Waals surface area contributed by atoms with E-state index in [0.717, 1.165) is 18.5 Å². The fourth-order valence-electron chi connectivity index (χ4n) is 1.70. The summed E-state index contributed by atoms with van der Waals surface area (Å²) in [5.74, 6) is 0.535. The molecule has 86 valence electrons. The first-order chi connectivity index (χ1) is 7.81. The Balaban J connectivity index is 2.00. The standard InChI is InChI=1S/C12H15ClN2O/c13-7-6-12(16)15(11-4-5-11)9-10-3-1-2-8-14-10/h1-3,8,11H,4-7,9H2. The summed E-state index contributed by atoms with van der Waals surface area (Å²) < 4.78 is 0. The third kappa shape index (κ3) is 2.95. The number of hydrogen-bond acceptors (Lipinski definition) is 2. The van der Waals surface area contributed by atoms with Gasteiger partial charge >= 0.3 is 0 Å². The van der Waals surface area contributed by atoms with Crippen LogP contribution >= 0.6 is 11.6 Å². The Bertz CT molecular complexity index is 351. The quantitative estimate of drug-likeness (QED) is 0.737. The second-order valence-electron chi connectivity index (χ2n) is 4.01. The molecule has 1 aliphatic rings. The molecule has 0 bridgehead atoms. The summed E-state index contributed by atoms with van der Waals surface area (Å²) in [6.45, 7) is 0.612. The zero-order valence-corrected chi connectivity index (χ0v) is 9.86. The van der Waals surface area contributed by atoms with E-state index in [0.29, 0.717) is 24.9 Å². The van der Waals surface area contributed by atoms with Gasteiger partial charge in [0.1, 0.15) is 0 Å². The molecule has 1 amide bonds. The van der Waals surface area contributed by atoms with E-state index in [1.54, 1.807) is 6.20 Å². The summed E-state index contributed by atoms with van der Waals surface area (Å²) >= 11 is 5.61. The SMILES string of the molecule is O=C(CCCl)N(Cc1ccccn1)C1CC1. The van der Waals surface area contributed by atoms with Gasteiger partial charge < -0.3 is 4.90 Å². The van der Waals surface area contributed by atoms with Crippen LogP contribution in [0.15, 0.2) is 24.4 Å². The van der Waals surface area contributed by atoms with Gasteiger partial charge in [-0.1, -0.05) is 6.07 Å². The zero-order chi connectivity index (χ0) is 11.4. The lowest BCUT2D eigenvalue weighted by atomic mass is 10.3. The number of rotatable bonds is 5. The third-order valence-corrected chi connectivity index (χ3v) is 2.86. The van der Waals surface area contributed by atoms with Crippen LogP contribution in [0.2, 0.25) is 0 Å². The Morgan fingerprint density at radius 1 is 1.50 bits per heavy atom. The smallest absolute Gasteiger partial charge is 0.224 e. The summed E-state index contributed by atoms with van der Waals surface area (Å²) in [7, 11) is 0. The van der Waals surface area contributed by atoms with Crippen molar-refractivity contribution in [2.75, 3.05) is 5.88 Å². The van der Waals surface area contributed by atoms with Crippen LogP contribution < -0.4 is 0 Å². The van der Waals surface area contributed by atoms with E-state index in [9.17, 15) is 4.79 Å². The maximum absolute atomic E-state index is 11.8. The van der Waals surface area contributed by atoms with Crippen LogP contribution in [0, 0.1) is 0 Å². The van der Waals surface area contributed by atoms with Gasteiger partial charge in [0.2, 0.25) is 5.91 Å². The van der Waals surface area contributed by atoms with E-state index in [2.05, 4.69) is 4.98 Å². The van der Waals surface area contributed by atoms with E-state index >= 15 is 0 Å². The van der Waals surface area contributed by atoms with E-state index in [1.807, 2.05) is 23.1 Å². The molecule has 0 unspecified atom stereocenters. The molecule has 0 atom stereocenters. The fourth-order valence-corrected chi connectivity index (χ4v) is 1.86. The minimum atomic E-state index is 0.142. The Morgan fingerprint density at radius 3 is 2.88 bits per heavy atom. The van der Waals surface area contributed by atoms with Crippen LogP contribution in [0.25, 0.3) is 0 Å². The van der Waals surface area contributed by atoms with Crippen molar-refractivity contribution in [1.29, 1.82) is 0 Å². The summed E-state index contributed by atoms with van der Waals surface area (Å²) in [4.78, 5) is 18.0. The molecule has 1 saturated carbocycles. The second kappa shape index (κ2) is 5.30. The molecule has 3 nitrogen and oxygen atoms in total. The lowest BCUT2D eigenvalue weighted by Gasteiger charge is -2.21. The molecule has 0 aliphatic heterocycles. The van der Waals surface area contributed by atoms with Crippen molar-refractivity contribution in [3.05, 3.63) is 30.1 Å². The van der Waals surface area contributed by atoms with Crippen molar-refractivity contribution < 1.29 is 4.79 Å². The maximum atomic E-state index is 11.8. The Labute approximate surface area is 100 Å². The molecule has 1 heterocycles. The van der Waals surface area contributed by atoms with Crippen LogP contribution in [0.1, 0.15) is 25.0 Å². The molecule has 2 rings (SSSR count).